The first kappa shape index (κ1) is 22.1. The van der Waals surface area contributed by atoms with Crippen LogP contribution in [0.1, 0.15) is 30.1 Å². The van der Waals surface area contributed by atoms with Crippen LogP contribution < -0.4 is 9.64 Å². The standard InChI is InChI=1S/C25H27ClN4O2/c1-2-3-18-32-20-10-8-19(9-11-20)25(31)30-16-14-29(15-17-30)24-13-12-23(27-28-24)21-6-4-5-7-22(21)26/h4-13H,2-3,14-18H2,1H3. The van der Waals surface area contributed by atoms with E-state index in [1.807, 2.05) is 65.6 Å². The van der Waals surface area contributed by atoms with Gasteiger partial charge in [-0.05, 0) is 48.9 Å². The third kappa shape index (κ3) is 5.19. The van der Waals surface area contributed by atoms with Crippen molar-refractivity contribution in [2.45, 2.75) is 19.8 Å². The smallest absolute Gasteiger partial charge is 0.253 e. The average Bonchev–Trinajstić information content (AvgIpc) is 2.85. The molecule has 0 bridgehead atoms. The molecule has 0 N–H and O–H groups in total. The van der Waals surface area contributed by atoms with Crippen LogP contribution in [0.5, 0.6) is 5.75 Å². The second-order valence-corrected chi connectivity index (χ2v) is 8.17. The number of halogens is 1. The summed E-state index contributed by atoms with van der Waals surface area (Å²) < 4.78 is 5.68. The number of ether oxygens (including phenoxy) is 1. The molecule has 1 fully saturated rings. The number of amides is 1. The highest BCUT2D eigenvalue weighted by Gasteiger charge is 2.23. The second kappa shape index (κ2) is 10.5. The highest BCUT2D eigenvalue weighted by atomic mass is 35.5. The van der Waals surface area contributed by atoms with Crippen molar-refractivity contribution in [2.75, 3.05) is 37.7 Å². The van der Waals surface area contributed by atoms with Crippen molar-refractivity contribution in [1.29, 1.82) is 0 Å². The van der Waals surface area contributed by atoms with E-state index in [1.165, 1.54) is 0 Å². The number of anilines is 1. The van der Waals surface area contributed by atoms with Crippen LogP contribution in [0.4, 0.5) is 5.82 Å². The molecule has 0 saturated carbocycles. The van der Waals surface area contributed by atoms with Gasteiger partial charge in [-0.15, -0.1) is 10.2 Å². The molecule has 2 heterocycles. The summed E-state index contributed by atoms with van der Waals surface area (Å²) >= 11 is 6.26. The van der Waals surface area contributed by atoms with Crippen LogP contribution in [0.15, 0.2) is 60.7 Å². The fourth-order valence-corrected chi connectivity index (χ4v) is 3.89. The molecule has 6 nitrogen and oxygen atoms in total. The molecular formula is C25H27ClN4O2. The molecule has 0 aliphatic carbocycles. The molecular weight excluding hydrogens is 424 g/mol. The maximum Gasteiger partial charge on any atom is 0.253 e. The van der Waals surface area contributed by atoms with Crippen molar-refractivity contribution in [3.05, 3.63) is 71.2 Å². The topological polar surface area (TPSA) is 58.6 Å². The third-order valence-electron chi connectivity index (χ3n) is 5.56. The lowest BCUT2D eigenvalue weighted by Gasteiger charge is -2.35. The average molecular weight is 451 g/mol. The minimum Gasteiger partial charge on any atom is -0.494 e. The van der Waals surface area contributed by atoms with Crippen molar-refractivity contribution >= 4 is 23.3 Å². The predicted octanol–water partition coefficient (Wildman–Crippen LogP) is 4.94. The normalized spacial score (nSPS) is 13.8. The Morgan fingerprint density at radius 2 is 1.72 bits per heavy atom. The Hall–Kier alpha value is -3.12. The van der Waals surface area contributed by atoms with Crippen LogP contribution in [-0.2, 0) is 0 Å². The molecule has 1 aliphatic rings. The number of carbonyl (C=O) groups excluding carboxylic acids is 1. The van der Waals surface area contributed by atoms with Gasteiger partial charge in [0, 0.05) is 37.3 Å². The molecule has 166 valence electrons. The summed E-state index contributed by atoms with van der Waals surface area (Å²) in [6, 6.07) is 18.9. The first-order chi connectivity index (χ1) is 15.7. The van der Waals surface area contributed by atoms with E-state index in [0.717, 1.165) is 35.7 Å². The molecule has 0 atom stereocenters. The van der Waals surface area contributed by atoms with Gasteiger partial charge in [0.1, 0.15) is 5.75 Å². The Kier molecular flexibility index (Phi) is 7.22. The van der Waals surface area contributed by atoms with Gasteiger partial charge >= 0.3 is 0 Å². The Balaban J connectivity index is 1.33. The molecule has 1 amide bonds. The maximum atomic E-state index is 12.9. The van der Waals surface area contributed by atoms with Gasteiger partial charge in [-0.2, -0.15) is 0 Å². The van der Waals surface area contributed by atoms with Gasteiger partial charge in [-0.25, -0.2) is 0 Å². The van der Waals surface area contributed by atoms with Crippen molar-refractivity contribution in [3.8, 4) is 17.0 Å². The second-order valence-electron chi connectivity index (χ2n) is 7.76. The fourth-order valence-electron chi connectivity index (χ4n) is 3.66. The zero-order valence-electron chi connectivity index (χ0n) is 18.2. The summed E-state index contributed by atoms with van der Waals surface area (Å²) in [7, 11) is 0. The molecule has 3 aromatic rings. The van der Waals surface area contributed by atoms with E-state index in [2.05, 4.69) is 22.0 Å². The predicted molar refractivity (Wildman–Crippen MR) is 127 cm³/mol. The lowest BCUT2D eigenvalue weighted by atomic mass is 10.1. The lowest BCUT2D eigenvalue weighted by molar-refractivity contribution is 0.0746. The Labute approximate surface area is 193 Å². The van der Waals surface area contributed by atoms with Gasteiger partial charge in [-0.1, -0.05) is 43.1 Å². The van der Waals surface area contributed by atoms with E-state index in [1.54, 1.807) is 0 Å². The lowest BCUT2D eigenvalue weighted by Crippen LogP contribution is -2.49. The van der Waals surface area contributed by atoms with E-state index in [0.29, 0.717) is 43.4 Å². The molecule has 0 radical (unpaired) electrons. The molecule has 1 saturated heterocycles. The molecule has 32 heavy (non-hydrogen) atoms. The molecule has 4 rings (SSSR count). The summed E-state index contributed by atoms with van der Waals surface area (Å²) in [5.74, 6) is 1.66. The van der Waals surface area contributed by atoms with Crippen LogP contribution in [0, 0.1) is 0 Å². The number of aromatic nitrogens is 2. The molecule has 0 unspecified atom stereocenters. The maximum absolute atomic E-state index is 12.9. The van der Waals surface area contributed by atoms with Gasteiger partial charge in [0.2, 0.25) is 0 Å². The molecule has 7 heteroatoms. The first-order valence-electron chi connectivity index (χ1n) is 11.0. The summed E-state index contributed by atoms with van der Waals surface area (Å²) in [6.07, 6.45) is 2.12. The van der Waals surface area contributed by atoms with E-state index in [4.69, 9.17) is 16.3 Å². The summed E-state index contributed by atoms with van der Waals surface area (Å²) in [6.45, 7) is 5.54. The number of carbonyl (C=O) groups is 1. The fraction of sp³-hybridized carbons (Fsp3) is 0.320. The largest absolute Gasteiger partial charge is 0.494 e. The number of nitrogens with zero attached hydrogens (tertiary/aromatic N) is 4. The van der Waals surface area contributed by atoms with Crippen molar-refractivity contribution in [1.82, 2.24) is 15.1 Å². The number of piperazine rings is 1. The Bertz CT molecular complexity index is 1030. The number of hydrogen-bond acceptors (Lipinski definition) is 5. The zero-order valence-corrected chi connectivity index (χ0v) is 19.0. The third-order valence-corrected chi connectivity index (χ3v) is 5.89. The number of unbranched alkanes of at least 4 members (excludes halogenated alkanes) is 1. The highest BCUT2D eigenvalue weighted by Crippen LogP contribution is 2.26. The number of rotatable bonds is 7. The van der Waals surface area contributed by atoms with Crippen molar-refractivity contribution < 1.29 is 9.53 Å². The van der Waals surface area contributed by atoms with Gasteiger partial charge in [0.25, 0.3) is 5.91 Å². The summed E-state index contributed by atoms with van der Waals surface area (Å²) in [5.41, 5.74) is 2.30. The van der Waals surface area contributed by atoms with E-state index in [9.17, 15) is 4.79 Å². The van der Waals surface area contributed by atoms with Crippen molar-refractivity contribution in [2.24, 2.45) is 0 Å². The van der Waals surface area contributed by atoms with Crippen molar-refractivity contribution in [3.63, 3.8) is 0 Å². The van der Waals surface area contributed by atoms with Gasteiger partial charge in [0.15, 0.2) is 5.82 Å². The van der Waals surface area contributed by atoms with E-state index >= 15 is 0 Å². The Morgan fingerprint density at radius 3 is 2.38 bits per heavy atom. The van der Waals surface area contributed by atoms with E-state index < -0.39 is 0 Å². The van der Waals surface area contributed by atoms with E-state index in [-0.39, 0.29) is 5.91 Å². The minimum absolute atomic E-state index is 0.0462. The summed E-state index contributed by atoms with van der Waals surface area (Å²) in [5, 5.41) is 9.40. The van der Waals surface area contributed by atoms with Gasteiger partial charge in [0.05, 0.1) is 17.3 Å². The molecule has 1 aromatic heterocycles. The van der Waals surface area contributed by atoms with Crippen LogP contribution in [-0.4, -0.2) is 53.8 Å². The first-order valence-corrected chi connectivity index (χ1v) is 11.4. The SMILES string of the molecule is CCCCOc1ccc(C(=O)N2CCN(c3ccc(-c4ccccc4Cl)nn3)CC2)cc1. The van der Waals surface area contributed by atoms with Gasteiger partial charge < -0.3 is 14.5 Å². The molecule has 2 aromatic carbocycles. The monoisotopic (exact) mass is 450 g/mol. The van der Waals surface area contributed by atoms with Crippen LogP contribution in [0.2, 0.25) is 5.02 Å². The quantitative estimate of drug-likeness (QED) is 0.477. The highest BCUT2D eigenvalue weighted by molar-refractivity contribution is 6.33. The molecule has 1 aliphatic heterocycles. The minimum atomic E-state index is 0.0462. The van der Waals surface area contributed by atoms with Gasteiger partial charge in [-0.3, -0.25) is 4.79 Å². The summed E-state index contributed by atoms with van der Waals surface area (Å²) in [4.78, 5) is 16.9. The number of hydrogen-bond donors (Lipinski definition) is 0. The van der Waals surface area contributed by atoms with Crippen LogP contribution >= 0.6 is 11.6 Å². The Morgan fingerprint density at radius 1 is 0.969 bits per heavy atom. The van der Waals surface area contributed by atoms with Crippen LogP contribution in [0.25, 0.3) is 11.3 Å². The molecule has 0 spiro atoms. The zero-order chi connectivity index (χ0) is 22.3. The van der Waals surface area contributed by atoms with Crippen LogP contribution in [0.3, 0.4) is 0 Å². The number of benzene rings is 2.